The summed E-state index contributed by atoms with van der Waals surface area (Å²) in [5, 5.41) is 2.74. The smallest absolute Gasteiger partial charge is 0.251 e. The van der Waals surface area contributed by atoms with Gasteiger partial charge in [-0.15, -0.1) is 11.3 Å². The van der Waals surface area contributed by atoms with Crippen molar-refractivity contribution in [1.82, 2.24) is 4.57 Å². The standard InChI is InChI=1S/C22H25ClN2OS/c1-3-4-11-19-21(17-9-5-6-10-18(17)23)20(22(24)26)15(2)25(19)13-12-16-8-7-14-27-16/h5-10,14H,3-4,11-13H2,1-2H3,(H2,24,26). The van der Waals surface area contributed by atoms with Crippen LogP contribution in [0.2, 0.25) is 5.02 Å². The van der Waals surface area contributed by atoms with Crippen LogP contribution in [-0.4, -0.2) is 10.5 Å². The van der Waals surface area contributed by atoms with Gasteiger partial charge < -0.3 is 10.3 Å². The molecule has 5 heteroatoms. The van der Waals surface area contributed by atoms with Gasteiger partial charge in [0.2, 0.25) is 0 Å². The van der Waals surface area contributed by atoms with E-state index in [2.05, 4.69) is 29.0 Å². The molecule has 0 saturated heterocycles. The fraction of sp³-hybridized carbons (Fsp3) is 0.318. The second-order valence-electron chi connectivity index (χ2n) is 6.71. The van der Waals surface area contributed by atoms with E-state index in [0.29, 0.717) is 10.6 Å². The van der Waals surface area contributed by atoms with Crippen LogP contribution in [0.15, 0.2) is 41.8 Å². The fourth-order valence-electron chi connectivity index (χ4n) is 3.64. The third kappa shape index (κ3) is 4.12. The van der Waals surface area contributed by atoms with Gasteiger partial charge in [0, 0.05) is 39.0 Å². The highest BCUT2D eigenvalue weighted by molar-refractivity contribution is 7.09. The molecule has 3 aromatic rings. The molecule has 0 radical (unpaired) electrons. The highest BCUT2D eigenvalue weighted by atomic mass is 35.5. The topological polar surface area (TPSA) is 48.0 Å². The molecule has 142 valence electrons. The summed E-state index contributed by atoms with van der Waals surface area (Å²) in [6, 6.07) is 11.9. The molecule has 2 N–H and O–H groups in total. The minimum Gasteiger partial charge on any atom is -0.366 e. The minimum absolute atomic E-state index is 0.393. The van der Waals surface area contributed by atoms with Gasteiger partial charge in [-0.1, -0.05) is 49.2 Å². The SMILES string of the molecule is CCCCc1c(-c2ccccc2Cl)c(C(N)=O)c(C)n1CCc1cccs1. The van der Waals surface area contributed by atoms with Crippen molar-refractivity contribution in [3.63, 3.8) is 0 Å². The van der Waals surface area contributed by atoms with E-state index in [1.54, 1.807) is 11.3 Å². The lowest BCUT2D eigenvalue weighted by molar-refractivity contribution is 0.1000. The number of hydrogen-bond donors (Lipinski definition) is 1. The second kappa shape index (κ2) is 8.77. The van der Waals surface area contributed by atoms with Crippen LogP contribution in [0, 0.1) is 6.92 Å². The molecule has 1 amide bonds. The van der Waals surface area contributed by atoms with Crippen molar-refractivity contribution in [3.05, 3.63) is 68.6 Å². The summed E-state index contributed by atoms with van der Waals surface area (Å²) in [7, 11) is 0. The lowest BCUT2D eigenvalue weighted by Crippen LogP contribution is -2.13. The highest BCUT2D eigenvalue weighted by Crippen LogP contribution is 2.37. The lowest BCUT2D eigenvalue weighted by atomic mass is 9.97. The number of hydrogen-bond acceptors (Lipinski definition) is 2. The molecule has 0 bridgehead atoms. The fourth-order valence-corrected chi connectivity index (χ4v) is 4.57. The molecule has 1 aromatic carbocycles. The first-order chi connectivity index (χ1) is 13.0. The Kier molecular flexibility index (Phi) is 6.40. The molecule has 0 atom stereocenters. The Hall–Kier alpha value is -2.04. The molecule has 3 rings (SSSR count). The van der Waals surface area contributed by atoms with E-state index < -0.39 is 5.91 Å². The van der Waals surface area contributed by atoms with Gasteiger partial charge in [0.15, 0.2) is 0 Å². The van der Waals surface area contributed by atoms with Crippen LogP contribution in [0.5, 0.6) is 0 Å². The lowest BCUT2D eigenvalue weighted by Gasteiger charge is -2.13. The van der Waals surface area contributed by atoms with Crippen molar-refractivity contribution in [1.29, 1.82) is 0 Å². The number of carbonyl (C=O) groups excluding carboxylic acids is 1. The number of halogens is 1. The molecule has 0 aliphatic rings. The zero-order valence-corrected chi connectivity index (χ0v) is 17.4. The third-order valence-corrected chi connectivity index (χ3v) is 6.22. The summed E-state index contributed by atoms with van der Waals surface area (Å²) in [5.41, 5.74) is 10.3. The molecule has 2 heterocycles. The van der Waals surface area contributed by atoms with Gasteiger partial charge in [-0.2, -0.15) is 0 Å². The highest BCUT2D eigenvalue weighted by Gasteiger charge is 2.25. The van der Waals surface area contributed by atoms with Gasteiger partial charge in [0.25, 0.3) is 5.91 Å². The van der Waals surface area contributed by atoms with Crippen molar-refractivity contribution in [2.75, 3.05) is 0 Å². The zero-order chi connectivity index (χ0) is 19.4. The largest absolute Gasteiger partial charge is 0.366 e. The Morgan fingerprint density at radius 2 is 1.96 bits per heavy atom. The van der Waals surface area contributed by atoms with E-state index in [1.165, 1.54) is 4.88 Å². The normalized spacial score (nSPS) is 11.1. The maximum Gasteiger partial charge on any atom is 0.251 e. The quantitative estimate of drug-likeness (QED) is 0.505. The number of amides is 1. The van der Waals surface area contributed by atoms with Gasteiger partial charge in [-0.25, -0.2) is 0 Å². The van der Waals surface area contributed by atoms with Crippen LogP contribution in [0.3, 0.4) is 0 Å². The Labute approximate surface area is 169 Å². The van der Waals surface area contributed by atoms with Gasteiger partial charge in [0.1, 0.15) is 0 Å². The maximum absolute atomic E-state index is 12.4. The maximum atomic E-state index is 12.4. The van der Waals surface area contributed by atoms with Crippen LogP contribution < -0.4 is 5.73 Å². The van der Waals surface area contributed by atoms with Crippen molar-refractivity contribution in [2.45, 2.75) is 46.1 Å². The molecule has 0 spiro atoms. The molecule has 3 nitrogen and oxygen atoms in total. The van der Waals surface area contributed by atoms with E-state index in [4.69, 9.17) is 17.3 Å². The molecule has 0 aliphatic carbocycles. The van der Waals surface area contributed by atoms with Gasteiger partial charge >= 0.3 is 0 Å². The number of thiophene rings is 1. The van der Waals surface area contributed by atoms with E-state index in [-0.39, 0.29) is 0 Å². The molecule has 0 fully saturated rings. The number of unbranched alkanes of at least 4 members (excludes halogenated alkanes) is 1. The monoisotopic (exact) mass is 400 g/mol. The summed E-state index contributed by atoms with van der Waals surface area (Å²) in [4.78, 5) is 13.7. The first-order valence-electron chi connectivity index (χ1n) is 9.33. The summed E-state index contributed by atoms with van der Waals surface area (Å²) < 4.78 is 2.27. The second-order valence-corrected chi connectivity index (χ2v) is 8.15. The Balaban J connectivity index is 2.15. The Morgan fingerprint density at radius 1 is 1.19 bits per heavy atom. The summed E-state index contributed by atoms with van der Waals surface area (Å²) in [5.74, 6) is -0.393. The van der Waals surface area contributed by atoms with E-state index >= 15 is 0 Å². The number of primary amides is 1. The van der Waals surface area contributed by atoms with Crippen LogP contribution in [0.1, 0.15) is 46.4 Å². The minimum atomic E-state index is -0.393. The molecule has 2 aromatic heterocycles. The summed E-state index contributed by atoms with van der Waals surface area (Å²) in [6.45, 7) is 5.00. The molecule has 0 aliphatic heterocycles. The number of rotatable bonds is 8. The van der Waals surface area contributed by atoms with Crippen LogP contribution in [0.4, 0.5) is 0 Å². The van der Waals surface area contributed by atoms with Crippen molar-refractivity contribution >= 4 is 28.8 Å². The van der Waals surface area contributed by atoms with Gasteiger partial charge in [0.05, 0.1) is 5.56 Å². The van der Waals surface area contributed by atoms with Gasteiger partial charge in [-0.3, -0.25) is 4.79 Å². The predicted molar refractivity (Wildman–Crippen MR) is 115 cm³/mol. The van der Waals surface area contributed by atoms with Crippen LogP contribution >= 0.6 is 22.9 Å². The Morgan fingerprint density at radius 3 is 2.59 bits per heavy atom. The van der Waals surface area contributed by atoms with Gasteiger partial charge in [-0.05, 0) is 43.7 Å². The van der Waals surface area contributed by atoms with Crippen LogP contribution in [-0.2, 0) is 19.4 Å². The molecule has 0 saturated carbocycles. The number of aryl methyl sites for hydroxylation is 1. The van der Waals surface area contributed by atoms with E-state index in [9.17, 15) is 4.79 Å². The number of carbonyl (C=O) groups is 1. The molecular weight excluding hydrogens is 376 g/mol. The average Bonchev–Trinajstić information content (AvgIpc) is 3.25. The van der Waals surface area contributed by atoms with Crippen molar-refractivity contribution in [2.24, 2.45) is 5.73 Å². The van der Waals surface area contributed by atoms with E-state index in [0.717, 1.165) is 54.7 Å². The number of nitrogens with two attached hydrogens (primary N) is 1. The predicted octanol–water partition coefficient (Wildman–Crippen LogP) is 5.86. The van der Waals surface area contributed by atoms with Crippen molar-refractivity contribution < 1.29 is 4.79 Å². The summed E-state index contributed by atoms with van der Waals surface area (Å²) in [6.07, 6.45) is 3.98. The number of benzene rings is 1. The first kappa shape index (κ1) is 19.7. The average molecular weight is 401 g/mol. The molecule has 0 unspecified atom stereocenters. The van der Waals surface area contributed by atoms with Crippen LogP contribution in [0.25, 0.3) is 11.1 Å². The summed E-state index contributed by atoms with van der Waals surface area (Å²) >= 11 is 8.26. The van der Waals surface area contributed by atoms with E-state index in [1.807, 2.05) is 31.2 Å². The zero-order valence-electron chi connectivity index (χ0n) is 15.8. The molecular formula is C22H25ClN2OS. The third-order valence-electron chi connectivity index (χ3n) is 4.95. The Bertz CT molecular complexity index is 928. The number of nitrogens with zero attached hydrogens (tertiary/aromatic N) is 1. The van der Waals surface area contributed by atoms with Crippen molar-refractivity contribution in [3.8, 4) is 11.1 Å². The number of aromatic nitrogens is 1. The molecule has 27 heavy (non-hydrogen) atoms. The first-order valence-corrected chi connectivity index (χ1v) is 10.6.